The number of ether oxygens (including phenoxy) is 1. The molecular formula is C17H18ClNO. The smallest absolute Gasteiger partial charge is 0.122 e. The maximum Gasteiger partial charge on any atom is 0.122 e. The van der Waals surface area contributed by atoms with Crippen LogP contribution < -0.4 is 10.1 Å². The van der Waals surface area contributed by atoms with Crippen LogP contribution in [0.25, 0.3) is 0 Å². The van der Waals surface area contributed by atoms with Crippen LogP contribution in [0.1, 0.15) is 17.0 Å². The van der Waals surface area contributed by atoms with Gasteiger partial charge in [-0.1, -0.05) is 41.9 Å². The second-order valence-corrected chi connectivity index (χ2v) is 5.56. The maximum atomic E-state index is 5.88. The Kier molecular flexibility index (Phi) is 4.24. The van der Waals surface area contributed by atoms with E-state index in [1.807, 2.05) is 24.3 Å². The third-order valence-corrected chi connectivity index (χ3v) is 3.95. The minimum atomic E-state index is 0.469. The molecule has 2 nitrogen and oxygen atoms in total. The summed E-state index contributed by atoms with van der Waals surface area (Å²) >= 11 is 5.88. The molecule has 104 valence electrons. The highest BCUT2D eigenvalue weighted by Gasteiger charge is 2.22. The Labute approximate surface area is 124 Å². The van der Waals surface area contributed by atoms with Crippen LogP contribution in [0.4, 0.5) is 0 Å². The molecule has 1 heterocycles. The van der Waals surface area contributed by atoms with Gasteiger partial charge in [-0.2, -0.15) is 0 Å². The molecule has 0 aliphatic carbocycles. The molecule has 1 aliphatic rings. The van der Waals surface area contributed by atoms with Gasteiger partial charge < -0.3 is 10.1 Å². The predicted molar refractivity (Wildman–Crippen MR) is 82.7 cm³/mol. The zero-order valence-electron chi connectivity index (χ0n) is 11.3. The Morgan fingerprint density at radius 3 is 2.75 bits per heavy atom. The largest absolute Gasteiger partial charge is 0.493 e. The molecule has 0 radical (unpaired) electrons. The molecule has 2 aromatic rings. The van der Waals surface area contributed by atoms with Gasteiger partial charge >= 0.3 is 0 Å². The lowest BCUT2D eigenvalue weighted by Crippen LogP contribution is -2.24. The van der Waals surface area contributed by atoms with Gasteiger partial charge in [0.05, 0.1) is 6.61 Å². The van der Waals surface area contributed by atoms with Crippen LogP contribution in [0.5, 0.6) is 5.75 Å². The topological polar surface area (TPSA) is 21.3 Å². The molecule has 3 heteroatoms. The second kappa shape index (κ2) is 6.29. The van der Waals surface area contributed by atoms with E-state index >= 15 is 0 Å². The van der Waals surface area contributed by atoms with Crippen molar-refractivity contribution in [2.75, 3.05) is 19.7 Å². The summed E-state index contributed by atoms with van der Waals surface area (Å²) in [6, 6.07) is 16.4. The summed E-state index contributed by atoms with van der Waals surface area (Å²) in [5.41, 5.74) is 2.64. The summed E-state index contributed by atoms with van der Waals surface area (Å²) in [4.78, 5) is 0. The first-order valence-electron chi connectivity index (χ1n) is 7.00. The maximum absolute atomic E-state index is 5.88. The summed E-state index contributed by atoms with van der Waals surface area (Å²) in [6.07, 6.45) is 1.02. The lowest BCUT2D eigenvalue weighted by Gasteiger charge is -2.10. The summed E-state index contributed by atoms with van der Waals surface area (Å²) in [6.45, 7) is 2.72. The summed E-state index contributed by atoms with van der Waals surface area (Å²) in [5.74, 6) is 1.51. The summed E-state index contributed by atoms with van der Waals surface area (Å²) in [5, 5.41) is 4.31. The van der Waals surface area contributed by atoms with E-state index in [1.54, 1.807) is 0 Å². The van der Waals surface area contributed by atoms with Gasteiger partial charge in [0.25, 0.3) is 0 Å². The van der Waals surface area contributed by atoms with E-state index in [1.165, 1.54) is 11.1 Å². The van der Waals surface area contributed by atoms with Gasteiger partial charge in [-0.3, -0.25) is 0 Å². The van der Waals surface area contributed by atoms with E-state index in [0.29, 0.717) is 5.92 Å². The second-order valence-electron chi connectivity index (χ2n) is 5.13. The van der Waals surface area contributed by atoms with Crippen LogP contribution in [0.15, 0.2) is 48.5 Å². The SMILES string of the molecule is Clc1ccc(CCNCC2COc3ccccc32)cc1. The van der Waals surface area contributed by atoms with E-state index in [0.717, 1.165) is 36.9 Å². The van der Waals surface area contributed by atoms with Crippen molar-refractivity contribution in [3.63, 3.8) is 0 Å². The van der Waals surface area contributed by atoms with Gasteiger partial charge in [0.15, 0.2) is 0 Å². The number of hydrogen-bond acceptors (Lipinski definition) is 2. The van der Waals surface area contributed by atoms with E-state index in [4.69, 9.17) is 16.3 Å². The molecule has 2 aromatic carbocycles. The summed E-state index contributed by atoms with van der Waals surface area (Å²) in [7, 11) is 0. The van der Waals surface area contributed by atoms with Crippen molar-refractivity contribution < 1.29 is 4.74 Å². The number of hydrogen-bond donors (Lipinski definition) is 1. The number of nitrogens with one attached hydrogen (secondary N) is 1. The third kappa shape index (κ3) is 3.14. The molecule has 1 aliphatic heterocycles. The van der Waals surface area contributed by atoms with Crippen LogP contribution in [0, 0.1) is 0 Å². The monoisotopic (exact) mass is 287 g/mol. The first-order chi connectivity index (χ1) is 9.83. The van der Waals surface area contributed by atoms with Gasteiger partial charge in [-0.25, -0.2) is 0 Å². The Hall–Kier alpha value is -1.51. The van der Waals surface area contributed by atoms with Gasteiger partial charge in [0.1, 0.15) is 5.75 Å². The molecule has 0 amide bonds. The Morgan fingerprint density at radius 1 is 1.10 bits per heavy atom. The average Bonchev–Trinajstić information content (AvgIpc) is 2.89. The standard InChI is InChI=1S/C17H18ClNO/c18-15-7-5-13(6-8-15)9-10-19-11-14-12-20-17-4-2-1-3-16(14)17/h1-8,14,19H,9-12H2. The molecule has 1 N–H and O–H groups in total. The molecule has 3 rings (SSSR count). The highest BCUT2D eigenvalue weighted by atomic mass is 35.5. The molecule has 1 unspecified atom stereocenters. The van der Waals surface area contributed by atoms with Crippen molar-refractivity contribution in [3.8, 4) is 5.75 Å². The molecule has 20 heavy (non-hydrogen) atoms. The van der Waals surface area contributed by atoms with E-state index < -0.39 is 0 Å². The number of para-hydroxylation sites is 1. The highest BCUT2D eigenvalue weighted by molar-refractivity contribution is 6.30. The minimum Gasteiger partial charge on any atom is -0.493 e. The van der Waals surface area contributed by atoms with Gasteiger partial charge in [0, 0.05) is 23.0 Å². The molecule has 0 spiro atoms. The molecular weight excluding hydrogens is 270 g/mol. The van der Waals surface area contributed by atoms with Gasteiger partial charge in [-0.15, -0.1) is 0 Å². The normalized spacial score (nSPS) is 16.8. The number of benzene rings is 2. The van der Waals surface area contributed by atoms with E-state index in [9.17, 15) is 0 Å². The lowest BCUT2D eigenvalue weighted by molar-refractivity contribution is 0.327. The first kappa shape index (κ1) is 13.5. The Morgan fingerprint density at radius 2 is 1.90 bits per heavy atom. The number of halogens is 1. The van der Waals surface area contributed by atoms with Crippen molar-refractivity contribution >= 4 is 11.6 Å². The average molecular weight is 288 g/mol. The van der Waals surface area contributed by atoms with E-state index in [2.05, 4.69) is 29.6 Å². The zero-order chi connectivity index (χ0) is 13.8. The van der Waals surface area contributed by atoms with Crippen molar-refractivity contribution in [3.05, 3.63) is 64.7 Å². The van der Waals surface area contributed by atoms with Gasteiger partial charge in [0.2, 0.25) is 0 Å². The molecule has 0 aromatic heterocycles. The fraction of sp³-hybridized carbons (Fsp3) is 0.294. The van der Waals surface area contributed by atoms with Crippen LogP contribution in [-0.2, 0) is 6.42 Å². The molecule has 0 saturated heterocycles. The number of fused-ring (bicyclic) bond motifs is 1. The fourth-order valence-corrected chi connectivity index (χ4v) is 2.68. The van der Waals surface area contributed by atoms with Crippen molar-refractivity contribution in [1.82, 2.24) is 5.32 Å². The Balaban J connectivity index is 1.46. The minimum absolute atomic E-state index is 0.469. The zero-order valence-corrected chi connectivity index (χ0v) is 12.1. The van der Waals surface area contributed by atoms with Crippen molar-refractivity contribution in [2.45, 2.75) is 12.3 Å². The quantitative estimate of drug-likeness (QED) is 0.848. The van der Waals surface area contributed by atoms with Crippen molar-refractivity contribution in [1.29, 1.82) is 0 Å². The van der Waals surface area contributed by atoms with Crippen molar-refractivity contribution in [2.24, 2.45) is 0 Å². The van der Waals surface area contributed by atoms with Crippen LogP contribution in [0.3, 0.4) is 0 Å². The molecule has 0 fully saturated rings. The van der Waals surface area contributed by atoms with Gasteiger partial charge in [-0.05, 0) is 36.7 Å². The predicted octanol–water partition coefficient (Wildman–Crippen LogP) is 3.65. The molecule has 0 saturated carbocycles. The Bertz CT molecular complexity index is 567. The fourth-order valence-electron chi connectivity index (χ4n) is 2.56. The number of rotatable bonds is 5. The third-order valence-electron chi connectivity index (χ3n) is 3.69. The molecule has 0 bridgehead atoms. The summed E-state index contributed by atoms with van der Waals surface area (Å²) < 4.78 is 5.68. The molecule has 1 atom stereocenters. The van der Waals surface area contributed by atoms with Crippen LogP contribution >= 0.6 is 11.6 Å². The van der Waals surface area contributed by atoms with E-state index in [-0.39, 0.29) is 0 Å². The lowest BCUT2D eigenvalue weighted by atomic mass is 10.0. The van der Waals surface area contributed by atoms with Crippen LogP contribution in [0.2, 0.25) is 5.02 Å². The first-order valence-corrected chi connectivity index (χ1v) is 7.37. The van der Waals surface area contributed by atoms with Crippen LogP contribution in [-0.4, -0.2) is 19.7 Å². The highest BCUT2D eigenvalue weighted by Crippen LogP contribution is 2.32.